The lowest BCUT2D eigenvalue weighted by atomic mass is 10.1. The third kappa shape index (κ3) is 3.90. The van der Waals surface area contributed by atoms with Crippen LogP contribution in [0.25, 0.3) is 0 Å². The lowest BCUT2D eigenvalue weighted by Gasteiger charge is -2.34. The van der Waals surface area contributed by atoms with Gasteiger partial charge in [-0.3, -0.25) is 14.1 Å². The summed E-state index contributed by atoms with van der Waals surface area (Å²) in [6.07, 6.45) is 3.51. The van der Waals surface area contributed by atoms with Crippen molar-refractivity contribution in [2.24, 2.45) is 0 Å². The lowest BCUT2D eigenvalue weighted by Crippen LogP contribution is -2.50. The van der Waals surface area contributed by atoms with Gasteiger partial charge >= 0.3 is 0 Å². The molecule has 25 heavy (non-hydrogen) atoms. The molecular formula is C17H19N3O4S. The molecule has 0 bridgehead atoms. The summed E-state index contributed by atoms with van der Waals surface area (Å²) in [6.45, 7) is 2.10. The molecular weight excluding hydrogens is 342 g/mol. The molecule has 1 amide bonds. The first-order valence-corrected chi connectivity index (χ1v) is 9.61. The number of aromatic nitrogens is 1. The molecule has 1 aromatic carbocycles. The second-order valence-electron chi connectivity index (χ2n) is 5.95. The number of hydrogen-bond acceptors (Lipinski definition) is 5. The summed E-state index contributed by atoms with van der Waals surface area (Å²) in [5, 5.41) is 2.76. The first-order valence-electron chi connectivity index (χ1n) is 7.76. The average Bonchev–Trinajstić information content (AvgIpc) is 2.58. The number of aryl methyl sites for hydroxylation is 1. The van der Waals surface area contributed by atoms with Gasteiger partial charge in [0.05, 0.1) is 18.5 Å². The minimum atomic E-state index is -3.53. The predicted molar refractivity (Wildman–Crippen MR) is 93.9 cm³/mol. The van der Waals surface area contributed by atoms with Crippen molar-refractivity contribution in [2.45, 2.75) is 19.6 Å². The summed E-state index contributed by atoms with van der Waals surface area (Å²) in [4.78, 5) is 16.4. The molecule has 1 aromatic heterocycles. The molecule has 0 aliphatic carbocycles. The summed E-state index contributed by atoms with van der Waals surface area (Å²) in [7, 11) is -3.53. The largest absolute Gasteiger partial charge is 0.476 e. The first kappa shape index (κ1) is 17.2. The number of carbonyl (C=O) groups is 1. The Morgan fingerprint density at radius 3 is 2.88 bits per heavy atom. The van der Waals surface area contributed by atoms with Crippen LogP contribution < -0.4 is 14.4 Å². The number of rotatable bonds is 4. The fourth-order valence-electron chi connectivity index (χ4n) is 2.62. The van der Waals surface area contributed by atoms with Gasteiger partial charge in [-0.05, 0) is 36.2 Å². The molecule has 132 valence electrons. The molecule has 0 fully saturated rings. The number of ether oxygens (including phenoxy) is 1. The minimum absolute atomic E-state index is 0.0613. The molecule has 1 N–H and O–H groups in total. The zero-order valence-electron chi connectivity index (χ0n) is 14.0. The van der Waals surface area contributed by atoms with Gasteiger partial charge in [-0.25, -0.2) is 8.42 Å². The number of amides is 1. The number of sulfonamides is 1. The van der Waals surface area contributed by atoms with E-state index in [1.165, 1.54) is 4.31 Å². The van der Waals surface area contributed by atoms with Crippen molar-refractivity contribution in [3.8, 4) is 5.75 Å². The Morgan fingerprint density at radius 1 is 1.40 bits per heavy atom. The Labute approximate surface area is 146 Å². The van der Waals surface area contributed by atoms with Crippen LogP contribution >= 0.6 is 0 Å². The number of nitrogens with zero attached hydrogens (tertiary/aromatic N) is 2. The Morgan fingerprint density at radius 2 is 2.20 bits per heavy atom. The molecule has 2 heterocycles. The van der Waals surface area contributed by atoms with Gasteiger partial charge in [0.2, 0.25) is 10.0 Å². The van der Waals surface area contributed by atoms with Crippen molar-refractivity contribution in [1.82, 2.24) is 10.3 Å². The van der Waals surface area contributed by atoms with Gasteiger partial charge in [0.25, 0.3) is 5.91 Å². The zero-order valence-corrected chi connectivity index (χ0v) is 14.8. The molecule has 0 saturated carbocycles. The molecule has 1 unspecified atom stereocenters. The van der Waals surface area contributed by atoms with Crippen molar-refractivity contribution in [3.05, 3.63) is 53.9 Å². The Bertz CT molecular complexity index is 884. The van der Waals surface area contributed by atoms with E-state index in [1.807, 2.05) is 19.1 Å². The Hall–Kier alpha value is -2.61. The van der Waals surface area contributed by atoms with E-state index in [0.29, 0.717) is 18.0 Å². The van der Waals surface area contributed by atoms with E-state index in [-0.39, 0.29) is 12.5 Å². The van der Waals surface area contributed by atoms with Crippen LogP contribution in [0.1, 0.15) is 11.1 Å². The maximum atomic E-state index is 12.4. The van der Waals surface area contributed by atoms with Gasteiger partial charge in [-0.1, -0.05) is 12.1 Å². The quantitative estimate of drug-likeness (QED) is 0.885. The van der Waals surface area contributed by atoms with Crippen LogP contribution in [0.5, 0.6) is 5.75 Å². The Kier molecular flexibility index (Phi) is 4.63. The van der Waals surface area contributed by atoms with Crippen LogP contribution in [0.3, 0.4) is 0 Å². The monoisotopic (exact) mass is 361 g/mol. The number of nitrogens with one attached hydrogen (secondary N) is 1. The molecule has 1 aliphatic rings. The normalized spacial score (nSPS) is 16.7. The summed E-state index contributed by atoms with van der Waals surface area (Å²) < 4.78 is 31.2. The first-order chi connectivity index (χ1) is 11.8. The smallest absolute Gasteiger partial charge is 0.263 e. The fourth-order valence-corrected chi connectivity index (χ4v) is 3.52. The number of anilines is 1. The predicted octanol–water partition coefficient (Wildman–Crippen LogP) is 1.23. The van der Waals surface area contributed by atoms with Gasteiger partial charge in [-0.2, -0.15) is 0 Å². The highest BCUT2D eigenvalue weighted by atomic mass is 32.2. The molecule has 7 nitrogen and oxygen atoms in total. The van der Waals surface area contributed by atoms with Gasteiger partial charge in [-0.15, -0.1) is 0 Å². The summed E-state index contributed by atoms with van der Waals surface area (Å²) in [6, 6.07) is 8.86. The van der Waals surface area contributed by atoms with Crippen molar-refractivity contribution < 1.29 is 17.9 Å². The highest BCUT2D eigenvalue weighted by Crippen LogP contribution is 2.35. The maximum Gasteiger partial charge on any atom is 0.263 e. The van der Waals surface area contributed by atoms with E-state index in [9.17, 15) is 13.2 Å². The van der Waals surface area contributed by atoms with Crippen LogP contribution in [-0.2, 0) is 21.4 Å². The van der Waals surface area contributed by atoms with Crippen LogP contribution in [-0.4, -0.2) is 38.2 Å². The van der Waals surface area contributed by atoms with E-state index >= 15 is 0 Å². The standard InChI is InChI=1S/C17H19N3O4S/c1-12-5-6-15-14(8-12)20(25(2,22)23)11-16(24-15)17(21)19-10-13-4-3-7-18-9-13/h3-9,16H,10-11H2,1-2H3,(H,19,21). The average molecular weight is 361 g/mol. The van der Waals surface area contributed by atoms with Crippen LogP contribution in [0, 0.1) is 6.92 Å². The molecule has 0 spiro atoms. The fraction of sp³-hybridized carbons (Fsp3) is 0.294. The second-order valence-corrected chi connectivity index (χ2v) is 7.86. The van der Waals surface area contributed by atoms with E-state index < -0.39 is 16.1 Å². The Balaban J connectivity index is 1.79. The molecule has 1 aliphatic heterocycles. The second kappa shape index (κ2) is 6.72. The minimum Gasteiger partial charge on any atom is -0.476 e. The number of hydrogen-bond donors (Lipinski definition) is 1. The molecule has 3 rings (SSSR count). The van der Waals surface area contributed by atoms with Crippen molar-refractivity contribution in [3.63, 3.8) is 0 Å². The third-order valence-electron chi connectivity index (χ3n) is 3.87. The summed E-state index contributed by atoms with van der Waals surface area (Å²) >= 11 is 0. The van der Waals surface area contributed by atoms with Crippen LogP contribution in [0.2, 0.25) is 0 Å². The summed E-state index contributed by atoms with van der Waals surface area (Å²) in [5.41, 5.74) is 2.22. The van der Waals surface area contributed by atoms with E-state index in [2.05, 4.69) is 10.3 Å². The lowest BCUT2D eigenvalue weighted by molar-refractivity contribution is -0.127. The zero-order chi connectivity index (χ0) is 18.0. The van der Waals surface area contributed by atoms with Crippen LogP contribution in [0.4, 0.5) is 5.69 Å². The van der Waals surface area contributed by atoms with Crippen molar-refractivity contribution in [2.75, 3.05) is 17.1 Å². The van der Waals surface area contributed by atoms with E-state index in [0.717, 1.165) is 17.4 Å². The number of pyridine rings is 1. The third-order valence-corrected chi connectivity index (χ3v) is 5.01. The molecule has 0 radical (unpaired) electrons. The number of benzene rings is 1. The van der Waals surface area contributed by atoms with Gasteiger partial charge in [0.1, 0.15) is 5.75 Å². The molecule has 2 aromatic rings. The SMILES string of the molecule is Cc1ccc2c(c1)N(S(C)(=O)=O)CC(C(=O)NCc1cccnc1)O2. The van der Waals surface area contributed by atoms with Crippen molar-refractivity contribution >= 4 is 21.6 Å². The highest BCUT2D eigenvalue weighted by molar-refractivity contribution is 7.92. The van der Waals surface area contributed by atoms with Crippen molar-refractivity contribution in [1.29, 1.82) is 0 Å². The number of fused-ring (bicyclic) bond motifs is 1. The molecule has 8 heteroatoms. The maximum absolute atomic E-state index is 12.4. The topological polar surface area (TPSA) is 88.6 Å². The van der Waals surface area contributed by atoms with Gasteiger partial charge in [0, 0.05) is 18.9 Å². The molecule has 0 saturated heterocycles. The van der Waals surface area contributed by atoms with Crippen LogP contribution in [0.15, 0.2) is 42.7 Å². The highest BCUT2D eigenvalue weighted by Gasteiger charge is 2.34. The van der Waals surface area contributed by atoms with E-state index in [1.54, 1.807) is 30.6 Å². The number of carbonyl (C=O) groups excluding carboxylic acids is 1. The molecule has 1 atom stereocenters. The van der Waals surface area contributed by atoms with Gasteiger partial charge < -0.3 is 10.1 Å². The van der Waals surface area contributed by atoms with E-state index in [4.69, 9.17) is 4.74 Å². The van der Waals surface area contributed by atoms with Gasteiger partial charge in [0.15, 0.2) is 6.10 Å². The summed E-state index contributed by atoms with van der Waals surface area (Å²) in [5.74, 6) is 0.00697.